The molecule has 0 amide bonds. The zero-order valence-electron chi connectivity index (χ0n) is 11.0. The number of piperidine rings is 1. The summed E-state index contributed by atoms with van der Waals surface area (Å²) in [6, 6.07) is 1.17. The highest BCUT2D eigenvalue weighted by Crippen LogP contribution is 2.29. The van der Waals surface area contributed by atoms with Gasteiger partial charge in [0, 0.05) is 18.6 Å². The van der Waals surface area contributed by atoms with Crippen LogP contribution in [0.15, 0.2) is 0 Å². The van der Waals surface area contributed by atoms with E-state index in [1.54, 1.807) is 0 Å². The van der Waals surface area contributed by atoms with Crippen LogP contribution in [0.1, 0.15) is 58.3 Å². The van der Waals surface area contributed by atoms with E-state index < -0.39 is 0 Å². The van der Waals surface area contributed by atoms with Crippen LogP contribution in [0.2, 0.25) is 0 Å². The molecule has 2 aliphatic heterocycles. The fourth-order valence-corrected chi connectivity index (χ4v) is 3.26. The molecule has 3 nitrogen and oxygen atoms in total. The van der Waals surface area contributed by atoms with E-state index in [2.05, 4.69) is 11.8 Å². The highest BCUT2D eigenvalue weighted by Gasteiger charge is 2.33. The van der Waals surface area contributed by atoms with Gasteiger partial charge in [0.25, 0.3) is 0 Å². The van der Waals surface area contributed by atoms with E-state index in [0.29, 0.717) is 25.1 Å². The number of carbonyl (C=O) groups excluding carboxylic acids is 1. The molecule has 0 radical (unpaired) electrons. The summed E-state index contributed by atoms with van der Waals surface area (Å²) in [6.07, 6.45) is 9.66. The Labute approximate surface area is 105 Å². The van der Waals surface area contributed by atoms with Crippen molar-refractivity contribution in [3.05, 3.63) is 0 Å². The Kier molecular flexibility index (Phi) is 4.84. The molecule has 2 saturated heterocycles. The van der Waals surface area contributed by atoms with Gasteiger partial charge in [-0.05, 0) is 19.3 Å². The fraction of sp³-hybridized carbons (Fsp3) is 0.929. The molecule has 2 fully saturated rings. The van der Waals surface area contributed by atoms with E-state index in [0.717, 1.165) is 6.54 Å². The van der Waals surface area contributed by atoms with Crippen molar-refractivity contribution < 1.29 is 9.53 Å². The highest BCUT2D eigenvalue weighted by atomic mass is 16.5. The molecule has 0 spiro atoms. The first kappa shape index (κ1) is 12.9. The van der Waals surface area contributed by atoms with Gasteiger partial charge >= 0.3 is 5.97 Å². The van der Waals surface area contributed by atoms with Gasteiger partial charge in [0.05, 0.1) is 6.42 Å². The smallest absolute Gasteiger partial charge is 0.307 e. The summed E-state index contributed by atoms with van der Waals surface area (Å²) in [5.41, 5.74) is 0. The maximum absolute atomic E-state index is 11.5. The molecule has 0 aromatic heterocycles. The summed E-state index contributed by atoms with van der Waals surface area (Å²) in [5, 5.41) is 0. The van der Waals surface area contributed by atoms with Gasteiger partial charge in [-0.15, -0.1) is 0 Å². The largest absolute Gasteiger partial charge is 0.464 e. The molecule has 0 N–H and O–H groups in total. The third-order valence-corrected chi connectivity index (χ3v) is 4.17. The Bertz CT molecular complexity index is 255. The molecular weight excluding hydrogens is 214 g/mol. The lowest BCUT2D eigenvalue weighted by molar-refractivity contribution is -0.142. The minimum atomic E-state index is 0.00621. The number of unbranched alkanes of at least 4 members (excludes halogenated alkanes) is 2. The maximum atomic E-state index is 11.5. The van der Waals surface area contributed by atoms with Crippen molar-refractivity contribution in [3.63, 3.8) is 0 Å². The SMILES string of the molecule is CCCCC[C@@H]1CCC[C@H]2CC(=O)OCCN12. The first-order valence-electron chi connectivity index (χ1n) is 7.22. The van der Waals surface area contributed by atoms with Crippen molar-refractivity contribution in [3.8, 4) is 0 Å². The Hall–Kier alpha value is -0.570. The molecule has 3 heteroatoms. The number of carbonyl (C=O) groups is 1. The number of hydrogen-bond acceptors (Lipinski definition) is 3. The lowest BCUT2D eigenvalue weighted by Gasteiger charge is -2.40. The highest BCUT2D eigenvalue weighted by molar-refractivity contribution is 5.70. The quantitative estimate of drug-likeness (QED) is 0.558. The molecule has 98 valence electrons. The molecule has 2 rings (SSSR count). The number of nitrogens with zero attached hydrogens (tertiary/aromatic N) is 1. The lowest BCUT2D eigenvalue weighted by Crippen LogP contribution is -2.47. The van der Waals surface area contributed by atoms with Crippen LogP contribution in [0, 0.1) is 0 Å². The summed E-state index contributed by atoms with van der Waals surface area (Å²) in [7, 11) is 0. The molecule has 17 heavy (non-hydrogen) atoms. The molecule has 0 unspecified atom stereocenters. The Morgan fingerprint density at radius 1 is 1.35 bits per heavy atom. The molecule has 0 aliphatic carbocycles. The summed E-state index contributed by atoms with van der Waals surface area (Å²) < 4.78 is 5.19. The van der Waals surface area contributed by atoms with Crippen LogP contribution in [-0.2, 0) is 9.53 Å². The molecule has 2 aliphatic rings. The van der Waals surface area contributed by atoms with Crippen LogP contribution in [0.3, 0.4) is 0 Å². The predicted molar refractivity (Wildman–Crippen MR) is 67.9 cm³/mol. The van der Waals surface area contributed by atoms with Crippen molar-refractivity contribution >= 4 is 5.97 Å². The Morgan fingerprint density at radius 2 is 2.24 bits per heavy atom. The van der Waals surface area contributed by atoms with E-state index in [-0.39, 0.29) is 5.97 Å². The van der Waals surface area contributed by atoms with E-state index in [1.807, 2.05) is 0 Å². The van der Waals surface area contributed by atoms with Crippen LogP contribution >= 0.6 is 0 Å². The number of hydrogen-bond donors (Lipinski definition) is 0. The second-order valence-electron chi connectivity index (χ2n) is 5.40. The minimum Gasteiger partial charge on any atom is -0.464 e. The van der Waals surface area contributed by atoms with Crippen molar-refractivity contribution in [2.75, 3.05) is 13.2 Å². The van der Waals surface area contributed by atoms with Gasteiger partial charge in [-0.1, -0.05) is 32.6 Å². The zero-order chi connectivity index (χ0) is 12.1. The monoisotopic (exact) mass is 239 g/mol. The van der Waals surface area contributed by atoms with Gasteiger partial charge in [-0.25, -0.2) is 0 Å². The number of fused-ring (bicyclic) bond motifs is 1. The van der Waals surface area contributed by atoms with Gasteiger partial charge in [0.1, 0.15) is 6.61 Å². The van der Waals surface area contributed by atoms with Gasteiger partial charge in [-0.2, -0.15) is 0 Å². The number of esters is 1. The zero-order valence-corrected chi connectivity index (χ0v) is 11.0. The minimum absolute atomic E-state index is 0.00621. The van der Waals surface area contributed by atoms with Crippen LogP contribution in [0.5, 0.6) is 0 Å². The lowest BCUT2D eigenvalue weighted by atomic mass is 9.91. The average molecular weight is 239 g/mol. The van der Waals surface area contributed by atoms with E-state index in [4.69, 9.17) is 4.74 Å². The molecule has 0 aromatic rings. The van der Waals surface area contributed by atoms with Crippen LogP contribution in [-0.4, -0.2) is 36.1 Å². The van der Waals surface area contributed by atoms with Crippen LogP contribution in [0.25, 0.3) is 0 Å². The third kappa shape index (κ3) is 3.44. The first-order chi connectivity index (χ1) is 8.31. The van der Waals surface area contributed by atoms with Crippen molar-refractivity contribution in [2.24, 2.45) is 0 Å². The first-order valence-corrected chi connectivity index (χ1v) is 7.22. The summed E-state index contributed by atoms with van der Waals surface area (Å²) >= 11 is 0. The molecule has 2 heterocycles. The fourth-order valence-electron chi connectivity index (χ4n) is 3.26. The molecule has 2 atom stereocenters. The van der Waals surface area contributed by atoms with Crippen molar-refractivity contribution in [1.29, 1.82) is 0 Å². The van der Waals surface area contributed by atoms with Crippen LogP contribution in [0.4, 0.5) is 0 Å². The van der Waals surface area contributed by atoms with E-state index in [9.17, 15) is 4.79 Å². The molecular formula is C14H25NO2. The molecule has 0 aromatic carbocycles. The summed E-state index contributed by atoms with van der Waals surface area (Å²) in [6.45, 7) is 3.80. The predicted octanol–water partition coefficient (Wildman–Crippen LogP) is 2.74. The van der Waals surface area contributed by atoms with E-state index >= 15 is 0 Å². The third-order valence-electron chi connectivity index (χ3n) is 4.17. The van der Waals surface area contributed by atoms with Gasteiger partial charge in [0.15, 0.2) is 0 Å². The number of rotatable bonds is 4. The van der Waals surface area contributed by atoms with Crippen LogP contribution < -0.4 is 0 Å². The van der Waals surface area contributed by atoms with Crippen molar-refractivity contribution in [1.82, 2.24) is 4.90 Å². The molecule has 0 saturated carbocycles. The van der Waals surface area contributed by atoms with Gasteiger partial charge in [-0.3, -0.25) is 9.69 Å². The maximum Gasteiger partial charge on any atom is 0.307 e. The van der Waals surface area contributed by atoms with Crippen molar-refractivity contribution in [2.45, 2.75) is 70.4 Å². The Balaban J connectivity index is 1.90. The van der Waals surface area contributed by atoms with Gasteiger partial charge < -0.3 is 4.74 Å². The second-order valence-corrected chi connectivity index (χ2v) is 5.40. The second kappa shape index (κ2) is 6.39. The number of cyclic esters (lactones) is 1. The Morgan fingerprint density at radius 3 is 3.06 bits per heavy atom. The standard InChI is InChI=1S/C14H25NO2/c1-2-3-4-6-12-7-5-8-13-11-14(16)17-10-9-15(12)13/h12-13H,2-11H2,1H3/t12-,13+/m1/s1. The average Bonchev–Trinajstić information content (AvgIpc) is 2.50. The topological polar surface area (TPSA) is 29.5 Å². The number of ether oxygens (including phenoxy) is 1. The van der Waals surface area contributed by atoms with E-state index in [1.165, 1.54) is 44.9 Å². The molecule has 0 bridgehead atoms. The summed E-state index contributed by atoms with van der Waals surface area (Å²) in [4.78, 5) is 14.0. The summed E-state index contributed by atoms with van der Waals surface area (Å²) in [5.74, 6) is 0.00621. The van der Waals surface area contributed by atoms with Gasteiger partial charge in [0.2, 0.25) is 0 Å². The normalized spacial score (nSPS) is 30.5.